The van der Waals surface area contributed by atoms with Crippen molar-refractivity contribution in [1.29, 1.82) is 0 Å². The van der Waals surface area contributed by atoms with E-state index in [0.717, 1.165) is 11.1 Å². The Morgan fingerprint density at radius 2 is 1.85 bits per heavy atom. The molecule has 0 bridgehead atoms. The van der Waals surface area contributed by atoms with Crippen molar-refractivity contribution >= 4 is 27.7 Å². The molecule has 0 saturated heterocycles. The summed E-state index contributed by atoms with van der Waals surface area (Å²) < 4.78 is 28.3. The highest BCUT2D eigenvalue weighted by molar-refractivity contribution is 6.01. The molecule has 0 fully saturated rings. The number of pyridine rings is 1. The third-order valence-corrected chi connectivity index (χ3v) is 7.27. The summed E-state index contributed by atoms with van der Waals surface area (Å²) in [4.78, 5) is 38.3. The van der Waals surface area contributed by atoms with Crippen LogP contribution in [-0.4, -0.2) is 32.4 Å². The van der Waals surface area contributed by atoms with Crippen LogP contribution >= 0.6 is 0 Å². The molecule has 0 amide bonds. The van der Waals surface area contributed by atoms with E-state index in [1.54, 1.807) is 42.8 Å². The van der Waals surface area contributed by atoms with E-state index in [4.69, 9.17) is 9.47 Å². The van der Waals surface area contributed by atoms with Crippen LogP contribution in [-0.2, 0) is 13.5 Å². The Morgan fingerprint density at radius 3 is 2.61 bits per heavy atom. The number of halogens is 1. The minimum Gasteiger partial charge on any atom is -0.497 e. The Morgan fingerprint density at radius 1 is 1.05 bits per heavy atom. The van der Waals surface area contributed by atoms with Gasteiger partial charge in [-0.3, -0.25) is 9.59 Å². The number of aromatic nitrogens is 4. The number of carbonyl (C=O) groups excluding carboxylic acids is 1. The van der Waals surface area contributed by atoms with Crippen molar-refractivity contribution in [3.63, 3.8) is 0 Å². The number of hydrogen-bond acceptors (Lipinski definition) is 6. The van der Waals surface area contributed by atoms with Crippen LogP contribution in [0.4, 0.5) is 4.39 Å². The van der Waals surface area contributed by atoms with Crippen molar-refractivity contribution in [2.45, 2.75) is 13.3 Å². The number of Topliss-reactive ketones (excluding diaryl/α,β-unsaturated/α-hetero) is 1. The van der Waals surface area contributed by atoms with Gasteiger partial charge in [-0.2, -0.15) is 0 Å². The van der Waals surface area contributed by atoms with Crippen LogP contribution in [0, 0.1) is 12.7 Å². The molecule has 9 heteroatoms. The molecule has 3 aromatic carbocycles. The number of hydrogen-bond donors (Lipinski definition) is 1. The summed E-state index contributed by atoms with van der Waals surface area (Å²) in [7, 11) is 3.31. The number of carbonyl (C=O) groups is 1. The smallest absolute Gasteiger partial charge is 0.232 e. The number of nitrogens with one attached hydrogen (secondary N) is 1. The molecule has 0 unspecified atom stereocenters. The molecular weight excluding hydrogens is 523 g/mol. The Labute approximate surface area is 234 Å². The fourth-order valence-electron chi connectivity index (χ4n) is 5.06. The summed E-state index contributed by atoms with van der Waals surface area (Å²) in [5.41, 5.74) is 3.63. The van der Waals surface area contributed by atoms with Gasteiger partial charge >= 0.3 is 0 Å². The molecule has 0 aliphatic heterocycles. The number of benzene rings is 3. The third-order valence-electron chi connectivity index (χ3n) is 7.27. The highest BCUT2D eigenvalue weighted by Gasteiger charge is 2.21. The quantitative estimate of drug-likeness (QED) is 0.240. The van der Waals surface area contributed by atoms with Gasteiger partial charge in [-0.1, -0.05) is 36.4 Å². The number of ether oxygens (including phenoxy) is 2. The van der Waals surface area contributed by atoms with Crippen LogP contribution < -0.4 is 14.9 Å². The van der Waals surface area contributed by atoms with E-state index in [-0.39, 0.29) is 29.0 Å². The molecule has 1 N–H and O–H groups in total. The minimum absolute atomic E-state index is 0.0497. The molecule has 6 aromatic rings. The van der Waals surface area contributed by atoms with Gasteiger partial charge in [-0.05, 0) is 48.4 Å². The number of aryl methyl sites for hydroxylation is 1. The van der Waals surface area contributed by atoms with Crippen LogP contribution in [0.15, 0.2) is 84.0 Å². The highest BCUT2D eigenvalue weighted by atomic mass is 19.1. The summed E-state index contributed by atoms with van der Waals surface area (Å²) in [6.07, 6.45) is 2.99. The van der Waals surface area contributed by atoms with Gasteiger partial charge in [0.25, 0.3) is 0 Å². The summed E-state index contributed by atoms with van der Waals surface area (Å²) in [5, 5.41) is 1.00. The molecule has 0 spiro atoms. The zero-order valence-corrected chi connectivity index (χ0v) is 22.6. The summed E-state index contributed by atoms with van der Waals surface area (Å²) in [6.45, 7) is 1.73. The number of fused-ring (bicyclic) bond motifs is 2. The first kappa shape index (κ1) is 25.9. The van der Waals surface area contributed by atoms with E-state index < -0.39 is 11.6 Å². The first-order valence-electron chi connectivity index (χ1n) is 12.9. The minimum atomic E-state index is -0.660. The molecule has 0 saturated carbocycles. The zero-order valence-electron chi connectivity index (χ0n) is 22.6. The van der Waals surface area contributed by atoms with Crippen molar-refractivity contribution in [2.75, 3.05) is 7.11 Å². The molecule has 3 heterocycles. The first-order valence-corrected chi connectivity index (χ1v) is 12.9. The van der Waals surface area contributed by atoms with Gasteiger partial charge in [0.2, 0.25) is 11.3 Å². The molecule has 0 aliphatic rings. The Bertz CT molecular complexity index is 2010. The summed E-state index contributed by atoms with van der Waals surface area (Å²) in [5.74, 6) is -0.397. The van der Waals surface area contributed by atoms with E-state index in [1.165, 1.54) is 25.6 Å². The van der Waals surface area contributed by atoms with E-state index in [1.807, 2.05) is 36.5 Å². The Balaban J connectivity index is 1.30. The lowest BCUT2D eigenvalue weighted by Gasteiger charge is -2.14. The molecule has 204 valence electrons. The van der Waals surface area contributed by atoms with Crippen molar-refractivity contribution < 1.29 is 18.7 Å². The maximum absolute atomic E-state index is 15.3. The van der Waals surface area contributed by atoms with Gasteiger partial charge < -0.3 is 19.0 Å². The normalized spacial score (nSPS) is 11.2. The van der Waals surface area contributed by atoms with Crippen molar-refractivity contribution in [3.05, 3.63) is 112 Å². The van der Waals surface area contributed by atoms with Crippen LogP contribution in [0.5, 0.6) is 17.4 Å². The average Bonchev–Trinajstić information content (AvgIpc) is 3.43. The zero-order chi connectivity index (χ0) is 28.7. The Hall–Kier alpha value is -5.31. The van der Waals surface area contributed by atoms with Crippen LogP contribution in [0.3, 0.4) is 0 Å². The molecule has 6 rings (SSSR count). The second kappa shape index (κ2) is 10.3. The lowest BCUT2D eigenvalue weighted by atomic mass is 9.99. The second-order valence-corrected chi connectivity index (χ2v) is 9.67. The van der Waals surface area contributed by atoms with Crippen LogP contribution in [0.25, 0.3) is 33.1 Å². The fourth-order valence-corrected chi connectivity index (χ4v) is 5.06. The van der Waals surface area contributed by atoms with E-state index in [0.29, 0.717) is 38.9 Å². The predicted octanol–water partition coefficient (Wildman–Crippen LogP) is 6.15. The number of methoxy groups -OCH3 is 1. The van der Waals surface area contributed by atoms with E-state index in [9.17, 15) is 9.59 Å². The molecular formula is C32H25FN4O4. The monoisotopic (exact) mass is 548 g/mol. The number of H-pyrrole nitrogens is 1. The van der Waals surface area contributed by atoms with E-state index in [2.05, 4.69) is 15.0 Å². The Kier molecular flexibility index (Phi) is 6.55. The van der Waals surface area contributed by atoms with Gasteiger partial charge in [-0.25, -0.2) is 14.4 Å². The third kappa shape index (κ3) is 4.61. The molecule has 3 aromatic heterocycles. The van der Waals surface area contributed by atoms with Gasteiger partial charge in [0.15, 0.2) is 17.3 Å². The van der Waals surface area contributed by atoms with E-state index >= 15 is 4.39 Å². The van der Waals surface area contributed by atoms with Gasteiger partial charge in [0.1, 0.15) is 17.7 Å². The SMILES string of the molecule is COc1ccc2c(c1)c(=O)c(C(=O)Cc1ccc(Oc3ncnc4[nH]cc(-c5ccccc5)c34)c(F)c1)c(C)n2C. The maximum Gasteiger partial charge on any atom is 0.232 e. The first-order chi connectivity index (χ1) is 19.9. The average molecular weight is 549 g/mol. The van der Waals surface area contributed by atoms with Crippen molar-refractivity contribution in [1.82, 2.24) is 19.5 Å². The second-order valence-electron chi connectivity index (χ2n) is 9.67. The molecule has 0 aliphatic carbocycles. The lowest BCUT2D eigenvalue weighted by molar-refractivity contribution is 0.0990. The largest absolute Gasteiger partial charge is 0.497 e. The highest BCUT2D eigenvalue weighted by Crippen LogP contribution is 2.36. The molecule has 0 atom stereocenters. The summed E-state index contributed by atoms with van der Waals surface area (Å²) in [6, 6.07) is 19.1. The number of aromatic amines is 1. The van der Waals surface area contributed by atoms with Gasteiger partial charge in [0, 0.05) is 30.9 Å². The molecule has 0 radical (unpaired) electrons. The van der Waals surface area contributed by atoms with Crippen LogP contribution in [0.2, 0.25) is 0 Å². The number of nitrogens with zero attached hydrogens (tertiary/aromatic N) is 3. The predicted molar refractivity (Wildman–Crippen MR) is 154 cm³/mol. The summed E-state index contributed by atoms with van der Waals surface area (Å²) >= 11 is 0. The standard InChI is InChI=1S/C32H25FN4O4/c1-18-28(30(39)22-15-21(40-3)10-11-25(22)37(18)2)26(38)14-19-9-12-27(24(33)13-19)41-32-29-23(20-7-5-4-6-8-20)16-34-31(29)35-17-36-32/h4-13,15-17H,14H2,1-3H3,(H,34,35,36). The van der Waals surface area contributed by atoms with Crippen LogP contribution in [0.1, 0.15) is 21.6 Å². The lowest BCUT2D eigenvalue weighted by Crippen LogP contribution is -2.23. The topological polar surface area (TPSA) is 99.1 Å². The maximum atomic E-state index is 15.3. The number of ketones is 1. The van der Waals surface area contributed by atoms with Crippen molar-refractivity contribution in [3.8, 4) is 28.5 Å². The molecule has 8 nitrogen and oxygen atoms in total. The van der Waals surface area contributed by atoms with Gasteiger partial charge in [0.05, 0.1) is 29.0 Å². The molecule has 41 heavy (non-hydrogen) atoms. The number of rotatable bonds is 7. The van der Waals surface area contributed by atoms with Gasteiger partial charge in [-0.15, -0.1) is 0 Å². The fraction of sp³-hybridized carbons (Fsp3) is 0.125. The van der Waals surface area contributed by atoms with Crippen molar-refractivity contribution in [2.24, 2.45) is 7.05 Å².